The summed E-state index contributed by atoms with van der Waals surface area (Å²) in [5.74, 6) is -5.29. The van der Waals surface area contributed by atoms with Crippen molar-refractivity contribution in [1.29, 1.82) is 0 Å². The molecular formula is C26H24F6N4O2. The molecule has 202 valence electrons. The van der Waals surface area contributed by atoms with Crippen LogP contribution in [0, 0.1) is 11.7 Å². The largest absolute Gasteiger partial charge is 0.417 e. The van der Waals surface area contributed by atoms with Crippen LogP contribution in [0.3, 0.4) is 0 Å². The van der Waals surface area contributed by atoms with Crippen molar-refractivity contribution in [3.05, 3.63) is 70.5 Å². The maximum atomic E-state index is 13.7. The van der Waals surface area contributed by atoms with Gasteiger partial charge in [0.15, 0.2) is 11.5 Å². The molecule has 2 aromatic rings. The molecule has 2 N–H and O–H groups in total. The van der Waals surface area contributed by atoms with Crippen molar-refractivity contribution in [2.45, 2.75) is 49.9 Å². The molecule has 38 heavy (non-hydrogen) atoms. The van der Waals surface area contributed by atoms with Gasteiger partial charge in [0, 0.05) is 13.0 Å². The summed E-state index contributed by atoms with van der Waals surface area (Å²) in [7, 11) is 0. The number of guanidine groups is 1. The van der Waals surface area contributed by atoms with E-state index in [1.807, 2.05) is 0 Å². The molecule has 0 bridgehead atoms. The Bertz CT molecular complexity index is 1310. The quantitative estimate of drug-likeness (QED) is 0.543. The highest BCUT2D eigenvalue weighted by Gasteiger charge is 2.51. The zero-order chi connectivity index (χ0) is 27.5. The van der Waals surface area contributed by atoms with Gasteiger partial charge in [-0.05, 0) is 47.7 Å². The van der Waals surface area contributed by atoms with Crippen LogP contribution in [0.5, 0.6) is 0 Å². The lowest BCUT2D eigenvalue weighted by atomic mass is 9.84. The summed E-state index contributed by atoms with van der Waals surface area (Å²) in [4.78, 5) is 32.9. The Balaban J connectivity index is 1.46. The van der Waals surface area contributed by atoms with Crippen LogP contribution in [0.25, 0.3) is 0 Å². The van der Waals surface area contributed by atoms with E-state index in [0.29, 0.717) is 23.0 Å². The molecule has 0 unspecified atom stereocenters. The number of carbonyl (C=O) groups is 2. The summed E-state index contributed by atoms with van der Waals surface area (Å²) >= 11 is 0. The zero-order valence-electron chi connectivity index (χ0n) is 20.1. The molecule has 3 aliphatic rings. The van der Waals surface area contributed by atoms with E-state index >= 15 is 0 Å². The molecule has 1 atom stereocenters. The Morgan fingerprint density at radius 1 is 1.11 bits per heavy atom. The first-order valence-electron chi connectivity index (χ1n) is 12.1. The minimum Gasteiger partial charge on any atom is -0.369 e. The average molecular weight is 538 g/mol. The Morgan fingerprint density at radius 3 is 2.37 bits per heavy atom. The van der Waals surface area contributed by atoms with E-state index in [4.69, 9.17) is 5.73 Å². The summed E-state index contributed by atoms with van der Waals surface area (Å²) in [6.07, 6.45) is -3.41. The molecule has 2 heterocycles. The number of alkyl halides is 5. The van der Waals surface area contributed by atoms with Crippen LogP contribution < -0.4 is 5.73 Å². The van der Waals surface area contributed by atoms with E-state index < -0.39 is 59.4 Å². The summed E-state index contributed by atoms with van der Waals surface area (Å²) < 4.78 is 82.0. The van der Waals surface area contributed by atoms with Crippen LogP contribution in [0.2, 0.25) is 0 Å². The molecule has 2 amide bonds. The predicted molar refractivity (Wildman–Crippen MR) is 125 cm³/mol. The first kappa shape index (κ1) is 26.1. The second-order valence-corrected chi connectivity index (χ2v) is 10.1. The number of benzene rings is 2. The smallest absolute Gasteiger partial charge is 0.369 e. The van der Waals surface area contributed by atoms with Crippen LogP contribution in [-0.2, 0) is 23.1 Å². The standard InChI is InChI=1S/C26H24F6N4O2/c27-18-6-4-17(5-7-18)25(12-15-1-2-15)22(38)36(23(33)34-25)13-16-3-8-20(26(30,31)32)19(11-16)21(37)35-10-9-24(28,29)14-35/h3-8,11,15H,1-2,9-10,12-14H2,(H2,33,34)/t25-/m1/s1. The molecule has 6 nitrogen and oxygen atoms in total. The third-order valence-electron chi connectivity index (χ3n) is 7.20. The number of hydrogen-bond donors (Lipinski definition) is 1. The van der Waals surface area contributed by atoms with E-state index in [9.17, 15) is 35.9 Å². The third kappa shape index (κ3) is 4.83. The minimum absolute atomic E-state index is 0.139. The van der Waals surface area contributed by atoms with E-state index in [0.717, 1.165) is 29.9 Å². The molecular weight excluding hydrogens is 514 g/mol. The average Bonchev–Trinajstić information content (AvgIpc) is 3.54. The number of halogens is 6. The van der Waals surface area contributed by atoms with Crippen molar-refractivity contribution in [1.82, 2.24) is 9.80 Å². The van der Waals surface area contributed by atoms with Gasteiger partial charge in [-0.3, -0.25) is 14.5 Å². The number of aliphatic imine (C=N–C) groups is 1. The van der Waals surface area contributed by atoms with Crippen LogP contribution >= 0.6 is 0 Å². The fraction of sp³-hybridized carbons (Fsp3) is 0.423. The van der Waals surface area contributed by atoms with Crippen molar-refractivity contribution in [3.63, 3.8) is 0 Å². The van der Waals surface area contributed by atoms with Gasteiger partial charge in [0.1, 0.15) is 5.82 Å². The van der Waals surface area contributed by atoms with Gasteiger partial charge < -0.3 is 10.6 Å². The van der Waals surface area contributed by atoms with Gasteiger partial charge >= 0.3 is 6.18 Å². The second kappa shape index (κ2) is 9.02. The molecule has 0 radical (unpaired) electrons. The van der Waals surface area contributed by atoms with Gasteiger partial charge in [-0.1, -0.05) is 31.0 Å². The molecule has 1 aliphatic carbocycles. The predicted octanol–water partition coefficient (Wildman–Crippen LogP) is 4.68. The maximum Gasteiger partial charge on any atom is 0.417 e. The lowest BCUT2D eigenvalue weighted by Gasteiger charge is -2.27. The molecule has 2 aliphatic heterocycles. The molecule has 12 heteroatoms. The number of nitrogens with zero attached hydrogens (tertiary/aromatic N) is 3. The van der Waals surface area contributed by atoms with Crippen LogP contribution in [0.4, 0.5) is 26.3 Å². The Labute approximate surface area is 214 Å². The topological polar surface area (TPSA) is 79.0 Å². The van der Waals surface area contributed by atoms with Crippen molar-refractivity contribution >= 4 is 17.8 Å². The number of hydrogen-bond acceptors (Lipinski definition) is 4. The minimum atomic E-state index is -4.91. The molecule has 1 saturated carbocycles. The Hall–Kier alpha value is -3.57. The van der Waals surface area contributed by atoms with Crippen molar-refractivity contribution < 1.29 is 35.9 Å². The maximum absolute atomic E-state index is 13.7. The molecule has 2 fully saturated rings. The zero-order valence-corrected chi connectivity index (χ0v) is 20.1. The lowest BCUT2D eigenvalue weighted by Crippen LogP contribution is -2.43. The molecule has 0 aromatic heterocycles. The summed E-state index contributed by atoms with van der Waals surface area (Å²) in [6, 6.07) is 8.09. The number of nitrogens with two attached hydrogens (primary N) is 1. The number of rotatable bonds is 6. The lowest BCUT2D eigenvalue weighted by molar-refractivity contribution is -0.138. The van der Waals surface area contributed by atoms with Gasteiger partial charge in [0.05, 0.1) is 24.2 Å². The van der Waals surface area contributed by atoms with Crippen molar-refractivity contribution in [2.24, 2.45) is 16.6 Å². The number of likely N-dealkylation sites (tertiary alicyclic amines) is 1. The highest BCUT2D eigenvalue weighted by atomic mass is 19.4. The summed E-state index contributed by atoms with van der Waals surface area (Å²) in [5, 5.41) is 0. The van der Waals surface area contributed by atoms with E-state index in [2.05, 4.69) is 4.99 Å². The van der Waals surface area contributed by atoms with Crippen LogP contribution in [0.15, 0.2) is 47.5 Å². The van der Waals surface area contributed by atoms with E-state index in [1.54, 1.807) is 0 Å². The molecule has 2 aromatic carbocycles. The number of amides is 2. The Morgan fingerprint density at radius 2 is 1.79 bits per heavy atom. The summed E-state index contributed by atoms with van der Waals surface area (Å²) in [6.45, 7) is -1.64. The van der Waals surface area contributed by atoms with Gasteiger partial charge in [-0.25, -0.2) is 18.2 Å². The SMILES string of the molecule is NC1=N[C@](CC2CC2)(c2ccc(F)cc2)C(=O)N1Cc1ccc(C(F)(F)F)c(C(=O)N2CCC(F)(F)C2)c1. The van der Waals surface area contributed by atoms with Gasteiger partial charge in [0.2, 0.25) is 0 Å². The normalized spacial score (nSPS) is 23.2. The van der Waals surface area contributed by atoms with Crippen LogP contribution in [-0.4, -0.2) is 46.6 Å². The fourth-order valence-electron chi connectivity index (χ4n) is 5.06. The summed E-state index contributed by atoms with van der Waals surface area (Å²) in [5.41, 5.74) is 3.27. The molecule has 5 rings (SSSR count). The van der Waals surface area contributed by atoms with Gasteiger partial charge in [0.25, 0.3) is 17.7 Å². The van der Waals surface area contributed by atoms with Gasteiger partial charge in [-0.2, -0.15) is 13.2 Å². The Kier molecular flexibility index (Phi) is 6.18. The van der Waals surface area contributed by atoms with Crippen molar-refractivity contribution in [3.8, 4) is 0 Å². The fourth-order valence-corrected chi connectivity index (χ4v) is 5.06. The molecule has 1 saturated heterocycles. The highest BCUT2D eigenvalue weighted by Crippen LogP contribution is 2.46. The monoisotopic (exact) mass is 538 g/mol. The van der Waals surface area contributed by atoms with Gasteiger partial charge in [-0.15, -0.1) is 0 Å². The van der Waals surface area contributed by atoms with E-state index in [-0.39, 0.29) is 30.5 Å². The van der Waals surface area contributed by atoms with Crippen molar-refractivity contribution in [2.75, 3.05) is 13.1 Å². The first-order valence-corrected chi connectivity index (χ1v) is 12.1. The highest BCUT2D eigenvalue weighted by molar-refractivity contribution is 6.07. The molecule has 0 spiro atoms. The first-order chi connectivity index (χ1) is 17.8. The van der Waals surface area contributed by atoms with E-state index in [1.165, 1.54) is 24.3 Å². The number of carbonyl (C=O) groups excluding carboxylic acids is 2. The third-order valence-corrected chi connectivity index (χ3v) is 7.20. The second-order valence-electron chi connectivity index (χ2n) is 10.1. The van der Waals surface area contributed by atoms with Crippen LogP contribution in [0.1, 0.15) is 52.7 Å².